The summed E-state index contributed by atoms with van der Waals surface area (Å²) in [6.07, 6.45) is 1.21. The molecule has 1 aliphatic rings. The second-order valence-corrected chi connectivity index (χ2v) is 5.55. The Morgan fingerprint density at radius 2 is 1.95 bits per heavy atom. The summed E-state index contributed by atoms with van der Waals surface area (Å²) < 4.78 is 0. The van der Waals surface area contributed by atoms with Crippen LogP contribution in [0.25, 0.3) is 0 Å². The van der Waals surface area contributed by atoms with E-state index < -0.39 is 0 Å². The highest BCUT2D eigenvalue weighted by molar-refractivity contribution is 5.36. The monoisotopic (exact) mass is 260 g/mol. The fourth-order valence-corrected chi connectivity index (χ4v) is 3.17. The Kier molecular flexibility index (Phi) is 5.00. The maximum absolute atomic E-state index is 2.56. The summed E-state index contributed by atoms with van der Waals surface area (Å²) >= 11 is 0. The van der Waals surface area contributed by atoms with Crippen LogP contribution >= 0.6 is 0 Å². The lowest BCUT2D eigenvalue weighted by atomic mass is 9.92. The molecule has 0 bridgehead atoms. The molecule has 1 unspecified atom stereocenters. The van der Waals surface area contributed by atoms with Gasteiger partial charge in [0.05, 0.1) is 0 Å². The molecule has 2 heteroatoms. The number of hydrogen-bond donors (Lipinski definition) is 0. The van der Waals surface area contributed by atoms with Crippen LogP contribution in [0.15, 0.2) is 18.2 Å². The van der Waals surface area contributed by atoms with Crippen LogP contribution in [0.3, 0.4) is 0 Å². The second kappa shape index (κ2) is 6.53. The van der Waals surface area contributed by atoms with E-state index in [1.165, 1.54) is 24.1 Å². The highest BCUT2D eigenvalue weighted by Crippen LogP contribution is 2.29. The van der Waals surface area contributed by atoms with Gasteiger partial charge in [0.25, 0.3) is 0 Å². The topological polar surface area (TPSA) is 6.48 Å². The molecule has 0 saturated heterocycles. The van der Waals surface area contributed by atoms with Gasteiger partial charge in [0.2, 0.25) is 0 Å². The first-order valence-corrected chi connectivity index (χ1v) is 7.77. The zero-order valence-corrected chi connectivity index (χ0v) is 12.9. The third kappa shape index (κ3) is 3.18. The van der Waals surface area contributed by atoms with Gasteiger partial charge >= 0.3 is 0 Å². The van der Waals surface area contributed by atoms with E-state index >= 15 is 0 Å². The first-order valence-electron chi connectivity index (χ1n) is 7.77. The highest BCUT2D eigenvalue weighted by atomic mass is 15.1. The number of fused-ring (bicyclic) bond motifs is 1. The van der Waals surface area contributed by atoms with Crippen molar-refractivity contribution in [3.63, 3.8) is 0 Å². The van der Waals surface area contributed by atoms with Gasteiger partial charge in [-0.15, -0.1) is 0 Å². The van der Waals surface area contributed by atoms with E-state index in [-0.39, 0.29) is 0 Å². The summed E-state index contributed by atoms with van der Waals surface area (Å²) in [6.45, 7) is 14.8. The number of likely N-dealkylation sites (N-methyl/N-ethyl adjacent to an activating group) is 1. The molecule has 1 atom stereocenters. The molecule has 2 rings (SSSR count). The third-order valence-electron chi connectivity index (χ3n) is 4.58. The van der Waals surface area contributed by atoms with Crippen molar-refractivity contribution in [3.05, 3.63) is 34.9 Å². The average Bonchev–Trinajstić information content (AvgIpc) is 2.45. The number of nitrogens with zero attached hydrogens (tertiary/aromatic N) is 2. The molecule has 0 amide bonds. The SMILES string of the molecule is CCN(CC)Cc1ccc2c(c1)CCN(CC)C2C. The molecule has 1 heterocycles. The lowest BCUT2D eigenvalue weighted by molar-refractivity contribution is 0.209. The Hall–Kier alpha value is -0.860. The fraction of sp³-hybridized carbons (Fsp3) is 0.647. The van der Waals surface area contributed by atoms with Crippen LogP contribution in [0, 0.1) is 0 Å². The van der Waals surface area contributed by atoms with Crippen molar-refractivity contribution in [1.29, 1.82) is 0 Å². The van der Waals surface area contributed by atoms with E-state index in [1.54, 1.807) is 5.56 Å². The van der Waals surface area contributed by atoms with Crippen molar-refractivity contribution in [2.24, 2.45) is 0 Å². The highest BCUT2D eigenvalue weighted by Gasteiger charge is 2.22. The van der Waals surface area contributed by atoms with E-state index in [0.29, 0.717) is 6.04 Å². The van der Waals surface area contributed by atoms with Crippen LogP contribution < -0.4 is 0 Å². The molecule has 2 nitrogen and oxygen atoms in total. The molecule has 0 fully saturated rings. The van der Waals surface area contributed by atoms with Crippen LogP contribution in [-0.2, 0) is 13.0 Å². The molecular formula is C17H28N2. The van der Waals surface area contributed by atoms with Crippen molar-refractivity contribution in [1.82, 2.24) is 9.80 Å². The molecule has 0 aliphatic carbocycles. The van der Waals surface area contributed by atoms with Gasteiger partial charge in [-0.05, 0) is 49.7 Å². The first-order chi connectivity index (χ1) is 9.19. The molecule has 0 N–H and O–H groups in total. The van der Waals surface area contributed by atoms with Gasteiger partial charge in [0, 0.05) is 19.1 Å². The minimum absolute atomic E-state index is 0.580. The smallest absolute Gasteiger partial charge is 0.0322 e. The third-order valence-corrected chi connectivity index (χ3v) is 4.58. The maximum Gasteiger partial charge on any atom is 0.0322 e. The fourth-order valence-electron chi connectivity index (χ4n) is 3.17. The van der Waals surface area contributed by atoms with Crippen molar-refractivity contribution < 1.29 is 0 Å². The predicted octanol–water partition coefficient (Wildman–Crippen LogP) is 3.47. The van der Waals surface area contributed by atoms with E-state index in [9.17, 15) is 0 Å². The summed E-state index contributed by atoms with van der Waals surface area (Å²) in [5.41, 5.74) is 4.58. The minimum atomic E-state index is 0.580. The standard InChI is InChI=1S/C17H28N2/c1-5-18(6-2)13-15-8-9-17-14(4)19(7-3)11-10-16(17)12-15/h8-9,12,14H,5-7,10-11,13H2,1-4H3. The van der Waals surface area contributed by atoms with Gasteiger partial charge in [0.15, 0.2) is 0 Å². The second-order valence-electron chi connectivity index (χ2n) is 5.55. The Balaban J connectivity index is 2.16. The van der Waals surface area contributed by atoms with Crippen molar-refractivity contribution in [2.45, 2.75) is 46.7 Å². The van der Waals surface area contributed by atoms with E-state index in [4.69, 9.17) is 0 Å². The van der Waals surface area contributed by atoms with E-state index in [0.717, 1.165) is 26.2 Å². The Bertz CT molecular complexity index is 410. The Morgan fingerprint density at radius 1 is 1.21 bits per heavy atom. The molecule has 0 aromatic heterocycles. The molecule has 1 aromatic carbocycles. The zero-order chi connectivity index (χ0) is 13.8. The van der Waals surface area contributed by atoms with Gasteiger partial charge in [-0.25, -0.2) is 0 Å². The lowest BCUT2D eigenvalue weighted by Crippen LogP contribution is -2.33. The largest absolute Gasteiger partial charge is 0.300 e. The number of benzene rings is 1. The molecule has 0 saturated carbocycles. The maximum atomic E-state index is 2.56. The first kappa shape index (κ1) is 14.5. The van der Waals surface area contributed by atoms with Crippen molar-refractivity contribution in [3.8, 4) is 0 Å². The zero-order valence-electron chi connectivity index (χ0n) is 12.9. The molecular weight excluding hydrogens is 232 g/mol. The van der Waals surface area contributed by atoms with Crippen LogP contribution in [-0.4, -0.2) is 36.0 Å². The van der Waals surface area contributed by atoms with E-state index in [2.05, 4.69) is 55.7 Å². The van der Waals surface area contributed by atoms with Crippen LogP contribution in [0.4, 0.5) is 0 Å². The van der Waals surface area contributed by atoms with Crippen LogP contribution in [0.2, 0.25) is 0 Å². The van der Waals surface area contributed by atoms with Crippen LogP contribution in [0.1, 0.15) is 50.4 Å². The molecule has 1 aromatic rings. The minimum Gasteiger partial charge on any atom is -0.300 e. The van der Waals surface area contributed by atoms with Gasteiger partial charge in [-0.2, -0.15) is 0 Å². The Labute approximate surface area is 118 Å². The number of rotatable bonds is 5. The summed E-state index contributed by atoms with van der Waals surface area (Å²) in [7, 11) is 0. The van der Waals surface area contributed by atoms with E-state index in [1.807, 2.05) is 0 Å². The molecule has 1 aliphatic heterocycles. The summed E-state index contributed by atoms with van der Waals surface area (Å²) in [5, 5.41) is 0. The Morgan fingerprint density at radius 3 is 2.58 bits per heavy atom. The van der Waals surface area contributed by atoms with Crippen molar-refractivity contribution >= 4 is 0 Å². The average molecular weight is 260 g/mol. The molecule has 0 spiro atoms. The summed E-state index contributed by atoms with van der Waals surface area (Å²) in [4.78, 5) is 5.04. The normalized spacial score (nSPS) is 19.7. The molecule has 19 heavy (non-hydrogen) atoms. The predicted molar refractivity (Wildman–Crippen MR) is 82.4 cm³/mol. The summed E-state index contributed by atoms with van der Waals surface area (Å²) in [5.74, 6) is 0. The molecule has 106 valence electrons. The van der Waals surface area contributed by atoms with Gasteiger partial charge in [0.1, 0.15) is 0 Å². The van der Waals surface area contributed by atoms with Crippen molar-refractivity contribution in [2.75, 3.05) is 26.2 Å². The van der Waals surface area contributed by atoms with Gasteiger partial charge < -0.3 is 0 Å². The summed E-state index contributed by atoms with van der Waals surface area (Å²) in [6, 6.07) is 7.71. The molecule has 0 radical (unpaired) electrons. The number of hydrogen-bond acceptors (Lipinski definition) is 2. The quantitative estimate of drug-likeness (QED) is 0.800. The van der Waals surface area contributed by atoms with Gasteiger partial charge in [-0.3, -0.25) is 9.80 Å². The lowest BCUT2D eigenvalue weighted by Gasteiger charge is -2.34. The van der Waals surface area contributed by atoms with Crippen LogP contribution in [0.5, 0.6) is 0 Å². The van der Waals surface area contributed by atoms with Gasteiger partial charge in [-0.1, -0.05) is 39.0 Å².